The molecular formula is C61H57ClF12N12O5S4. The zero-order valence-electron chi connectivity index (χ0n) is 50.8. The lowest BCUT2D eigenvalue weighted by atomic mass is 10.0. The number of furan rings is 1. The van der Waals surface area contributed by atoms with Crippen molar-refractivity contribution in [2.24, 2.45) is 34.1 Å². The summed E-state index contributed by atoms with van der Waals surface area (Å²) in [5, 5.41) is 24.4. The van der Waals surface area contributed by atoms with Gasteiger partial charge < -0.3 is 25.3 Å². The quantitative estimate of drug-likeness (QED) is 0.0790. The Morgan fingerprint density at radius 3 is 1.19 bits per heavy atom. The molecule has 0 saturated carbocycles. The van der Waals surface area contributed by atoms with E-state index >= 15 is 0 Å². The number of nitrogens with zero attached hydrogens (tertiary/aromatic N) is 9. The zero-order chi connectivity index (χ0) is 69.3. The molecule has 0 atom stereocenters. The average Bonchev–Trinajstić information content (AvgIpc) is 1.68. The third kappa shape index (κ3) is 18.9. The molecule has 1 saturated heterocycles. The lowest BCUT2D eigenvalue weighted by Gasteiger charge is -2.30. The van der Waals surface area contributed by atoms with Crippen molar-refractivity contribution < 1.29 is 76.3 Å². The summed E-state index contributed by atoms with van der Waals surface area (Å²) < 4.78 is 162. The molecule has 9 aromatic heterocycles. The molecule has 0 bridgehead atoms. The molecule has 1 aliphatic rings. The van der Waals surface area contributed by atoms with Crippen molar-refractivity contribution in [3.05, 3.63) is 174 Å². The summed E-state index contributed by atoms with van der Waals surface area (Å²) in [5.41, 5.74) is -1.64. The van der Waals surface area contributed by atoms with Crippen LogP contribution in [0, 0.1) is 5.92 Å². The summed E-state index contributed by atoms with van der Waals surface area (Å²) in [5.74, 6) is 0.135. The number of halogens is 13. The lowest BCUT2D eigenvalue weighted by molar-refractivity contribution is -0.144. The predicted molar refractivity (Wildman–Crippen MR) is 336 cm³/mol. The largest absolute Gasteiger partial charge is 0.467 e. The smallest absolute Gasteiger partial charge is 0.433 e. The van der Waals surface area contributed by atoms with Gasteiger partial charge in [0.1, 0.15) is 51.3 Å². The minimum Gasteiger partial charge on any atom is -0.467 e. The third-order valence-electron chi connectivity index (χ3n) is 14.2. The van der Waals surface area contributed by atoms with Crippen molar-refractivity contribution in [3.63, 3.8) is 0 Å². The monoisotopic (exact) mass is 1430 g/mol. The van der Waals surface area contributed by atoms with Gasteiger partial charge in [-0.25, -0.2) is 0 Å². The fraction of sp³-hybridized carbons (Fsp3) is 0.311. The Balaban J connectivity index is 0.000000163. The molecule has 506 valence electrons. The van der Waals surface area contributed by atoms with Gasteiger partial charge in [0.15, 0.2) is 0 Å². The molecule has 1 aromatic carbocycles. The number of nitrogens with one attached hydrogen (secondary N) is 3. The van der Waals surface area contributed by atoms with Crippen LogP contribution in [0.3, 0.4) is 0 Å². The van der Waals surface area contributed by atoms with Crippen molar-refractivity contribution in [2.75, 3.05) is 19.6 Å². The summed E-state index contributed by atoms with van der Waals surface area (Å²) in [6.45, 7) is 6.77. The first kappa shape index (κ1) is 72.3. The molecule has 10 heterocycles. The van der Waals surface area contributed by atoms with Crippen molar-refractivity contribution in [1.29, 1.82) is 0 Å². The van der Waals surface area contributed by atoms with Gasteiger partial charge in [-0.2, -0.15) is 73.1 Å². The van der Waals surface area contributed by atoms with Crippen molar-refractivity contribution in [2.45, 2.75) is 70.9 Å². The van der Waals surface area contributed by atoms with E-state index in [1.165, 1.54) is 45.8 Å². The third-order valence-corrected chi connectivity index (χ3v) is 18.8. The van der Waals surface area contributed by atoms with E-state index in [4.69, 9.17) is 16.0 Å². The summed E-state index contributed by atoms with van der Waals surface area (Å²) in [6.07, 6.45) is -13.4. The predicted octanol–water partition coefficient (Wildman–Crippen LogP) is 15.8. The van der Waals surface area contributed by atoms with Crippen molar-refractivity contribution >= 4 is 80.6 Å². The van der Waals surface area contributed by atoms with Crippen LogP contribution < -0.4 is 16.0 Å². The van der Waals surface area contributed by atoms with E-state index in [-0.39, 0.29) is 52.9 Å². The standard InChI is InChI=1S/C17H13ClF3N3OS.C16H20F3N3OS.C15H12F3N3O2S.C13H12F3N3OS/c1-24-15(17(19,20)21)8-12(23-24)13-5-6-14(26-13)16(25)22-9-10-3-2-4-11(18)7-10;1-4-10(5-2)9-20-15(23)13-7-6-12(24-13)11-8-14(16(17,18)19)22(3)21-11;1-21-13(15(16,17)18)7-10(20-21)11-4-5-12(24-11)14(22)19-8-9-3-2-6-23-9;1-18-11(13(14,15)16)7-8(17-18)9-3-4-10(21-9)12(20)19-5-2-6-19/h2-8H,9H2,1H3,(H,22,25);6-8,10H,4-5,9H2,1-3H3,(H,20,23);2-7H,8H2,1H3,(H,19,22);3-4,7H,2,5-6H2,1H3. The number of carbonyl (C=O) groups excluding carboxylic acids is 4. The van der Waals surface area contributed by atoms with E-state index in [0.29, 0.717) is 68.8 Å². The van der Waals surface area contributed by atoms with Gasteiger partial charge in [-0.15, -0.1) is 45.3 Å². The van der Waals surface area contributed by atoms with Crippen LogP contribution in [0.15, 0.2) is 120 Å². The molecule has 1 aliphatic heterocycles. The topological polar surface area (TPSA) is 192 Å². The highest BCUT2D eigenvalue weighted by atomic mass is 35.5. The van der Waals surface area contributed by atoms with Gasteiger partial charge >= 0.3 is 24.7 Å². The maximum atomic E-state index is 12.9. The summed E-state index contributed by atoms with van der Waals surface area (Å²) in [4.78, 5) is 54.1. The molecule has 1 fully saturated rings. The first-order chi connectivity index (χ1) is 44.7. The summed E-state index contributed by atoms with van der Waals surface area (Å²) >= 11 is 10.4. The van der Waals surface area contributed by atoms with E-state index in [9.17, 15) is 71.9 Å². The molecular weight excluding hydrogens is 1370 g/mol. The Labute approximate surface area is 554 Å². The summed E-state index contributed by atoms with van der Waals surface area (Å²) in [7, 11) is 4.98. The number of likely N-dealkylation sites (tertiary alicyclic amines) is 1. The van der Waals surface area contributed by atoms with Gasteiger partial charge in [0.25, 0.3) is 23.6 Å². The normalized spacial score (nSPS) is 12.5. The maximum absolute atomic E-state index is 12.9. The number of rotatable bonds is 16. The number of thiophene rings is 4. The second-order valence-electron chi connectivity index (χ2n) is 20.9. The number of carbonyl (C=O) groups is 4. The van der Waals surface area contributed by atoms with Crippen LogP contribution in [0.1, 0.15) is 106 Å². The highest BCUT2D eigenvalue weighted by Gasteiger charge is 2.38. The Morgan fingerprint density at radius 2 is 0.863 bits per heavy atom. The molecule has 0 unspecified atom stereocenters. The van der Waals surface area contributed by atoms with Crippen molar-refractivity contribution in [3.8, 4) is 42.3 Å². The van der Waals surface area contributed by atoms with Gasteiger partial charge in [-0.05, 0) is 115 Å². The maximum Gasteiger partial charge on any atom is 0.433 e. The first-order valence-corrected chi connectivity index (χ1v) is 32.1. The fourth-order valence-corrected chi connectivity index (χ4v) is 12.7. The van der Waals surface area contributed by atoms with Crippen LogP contribution in [0.2, 0.25) is 5.02 Å². The van der Waals surface area contributed by atoms with E-state index in [1.807, 2.05) is 6.07 Å². The second kappa shape index (κ2) is 30.5. The van der Waals surface area contributed by atoms with Crippen LogP contribution >= 0.6 is 56.9 Å². The Bertz CT molecular complexity index is 4250. The molecule has 3 N–H and O–H groups in total. The van der Waals surface area contributed by atoms with Gasteiger partial charge in [0.2, 0.25) is 0 Å². The number of alkyl halides is 12. The van der Waals surface area contributed by atoms with E-state index < -0.39 is 47.5 Å². The highest BCUT2D eigenvalue weighted by Crippen LogP contribution is 2.39. The fourth-order valence-electron chi connectivity index (χ4n) is 8.96. The minimum absolute atomic E-state index is 0.0653. The number of hydrogen-bond acceptors (Lipinski definition) is 13. The van der Waals surface area contributed by atoms with E-state index in [2.05, 4.69) is 50.2 Å². The minimum atomic E-state index is -4.48. The van der Waals surface area contributed by atoms with Gasteiger partial charge in [0.05, 0.1) is 51.8 Å². The Morgan fingerprint density at radius 1 is 0.495 bits per heavy atom. The van der Waals surface area contributed by atoms with Crippen molar-refractivity contribution in [1.82, 2.24) is 60.0 Å². The molecule has 95 heavy (non-hydrogen) atoms. The molecule has 4 amide bonds. The van der Waals surface area contributed by atoms with Gasteiger partial charge in [-0.3, -0.25) is 37.9 Å². The SMILES string of the molecule is CCC(CC)CNC(=O)c1ccc(-c2cc(C(F)(F)F)n(C)n2)s1.Cn1nc(-c2ccc(C(=O)N3CCC3)s2)cc1C(F)(F)F.Cn1nc(-c2ccc(C(=O)NCc3cccc(Cl)c3)s2)cc1C(F)(F)F.Cn1nc(-c2ccc(C(=O)NCc3ccco3)s2)cc1C(F)(F)F. The van der Waals surface area contributed by atoms with E-state index in [1.54, 1.807) is 83.8 Å². The average molecular weight is 1430 g/mol. The molecule has 17 nitrogen and oxygen atoms in total. The summed E-state index contributed by atoms with van der Waals surface area (Å²) in [6, 6.07) is 27.3. The first-order valence-electron chi connectivity index (χ1n) is 28.5. The van der Waals surface area contributed by atoms with Crippen LogP contribution in [0.5, 0.6) is 0 Å². The lowest BCUT2D eigenvalue weighted by Crippen LogP contribution is -2.41. The number of aromatic nitrogens is 8. The second-order valence-corrected chi connectivity index (χ2v) is 25.7. The molecule has 34 heteroatoms. The molecule has 0 radical (unpaired) electrons. The van der Waals surface area contributed by atoms with Crippen LogP contribution in [0.4, 0.5) is 52.7 Å². The zero-order valence-corrected chi connectivity index (χ0v) is 54.8. The Kier molecular flexibility index (Phi) is 23.2. The van der Waals surface area contributed by atoms with Crippen LogP contribution in [0.25, 0.3) is 42.3 Å². The molecule has 11 rings (SSSR count). The molecule has 0 spiro atoms. The number of benzene rings is 1. The Hall–Kier alpha value is -8.53. The van der Waals surface area contributed by atoms with Crippen LogP contribution in [-0.2, 0) is 66.0 Å². The number of hydrogen-bond donors (Lipinski definition) is 3. The van der Waals surface area contributed by atoms with Gasteiger partial charge in [0, 0.05) is 59.4 Å². The van der Waals surface area contributed by atoms with Gasteiger partial charge in [-0.1, -0.05) is 50.4 Å². The molecule has 0 aliphatic carbocycles. The highest BCUT2D eigenvalue weighted by molar-refractivity contribution is 7.18. The number of aryl methyl sites for hydroxylation is 4. The van der Waals surface area contributed by atoms with E-state index in [0.717, 1.165) is 115 Å². The number of amides is 4. The molecule has 10 aromatic rings. The van der Waals surface area contributed by atoms with Crippen LogP contribution in [-0.4, -0.2) is 87.3 Å².